The van der Waals surface area contributed by atoms with E-state index in [1.807, 2.05) is 36.1 Å². The SMILES string of the molecule is CCN(CC1CCNCC1)C(=O)c1ccc(OC)cc1. The topological polar surface area (TPSA) is 41.6 Å². The molecule has 0 saturated carbocycles. The van der Waals surface area contributed by atoms with Crippen LogP contribution in [0, 0.1) is 5.92 Å². The third kappa shape index (κ3) is 3.73. The molecule has 4 heteroatoms. The van der Waals surface area contributed by atoms with E-state index in [4.69, 9.17) is 4.74 Å². The van der Waals surface area contributed by atoms with Gasteiger partial charge in [0.25, 0.3) is 5.91 Å². The highest BCUT2D eigenvalue weighted by molar-refractivity contribution is 5.94. The average molecular weight is 276 g/mol. The molecule has 0 radical (unpaired) electrons. The Kier molecular flexibility index (Phi) is 5.41. The standard InChI is InChI=1S/C16H24N2O2/c1-3-18(12-13-8-10-17-11-9-13)16(19)14-4-6-15(20-2)7-5-14/h4-7,13,17H,3,8-12H2,1-2H3. The van der Waals surface area contributed by atoms with Crippen LogP contribution < -0.4 is 10.1 Å². The van der Waals surface area contributed by atoms with Gasteiger partial charge in [-0.15, -0.1) is 0 Å². The first-order valence-electron chi connectivity index (χ1n) is 7.38. The summed E-state index contributed by atoms with van der Waals surface area (Å²) in [4.78, 5) is 14.5. The highest BCUT2D eigenvalue weighted by Gasteiger charge is 2.20. The Balaban J connectivity index is 1.99. The van der Waals surface area contributed by atoms with Crippen molar-refractivity contribution in [3.8, 4) is 5.75 Å². The summed E-state index contributed by atoms with van der Waals surface area (Å²) < 4.78 is 5.13. The number of ether oxygens (including phenoxy) is 1. The molecule has 2 rings (SSSR count). The van der Waals surface area contributed by atoms with Gasteiger partial charge in [0.05, 0.1) is 7.11 Å². The van der Waals surface area contributed by atoms with E-state index in [-0.39, 0.29) is 5.91 Å². The first-order valence-corrected chi connectivity index (χ1v) is 7.38. The third-order valence-electron chi connectivity index (χ3n) is 3.94. The van der Waals surface area contributed by atoms with Gasteiger partial charge in [-0.05, 0) is 63.0 Å². The largest absolute Gasteiger partial charge is 0.497 e. The minimum Gasteiger partial charge on any atom is -0.497 e. The lowest BCUT2D eigenvalue weighted by Crippen LogP contribution is -2.39. The molecule has 0 bridgehead atoms. The van der Waals surface area contributed by atoms with Crippen LogP contribution in [0.2, 0.25) is 0 Å². The first kappa shape index (κ1) is 14.9. The second-order valence-corrected chi connectivity index (χ2v) is 5.27. The normalized spacial score (nSPS) is 15.9. The maximum Gasteiger partial charge on any atom is 0.253 e. The Labute approximate surface area is 121 Å². The number of hydrogen-bond acceptors (Lipinski definition) is 3. The predicted molar refractivity (Wildman–Crippen MR) is 80.2 cm³/mol. The maximum atomic E-state index is 12.5. The molecule has 1 heterocycles. The number of piperidine rings is 1. The van der Waals surface area contributed by atoms with Crippen LogP contribution in [0.3, 0.4) is 0 Å². The van der Waals surface area contributed by atoms with Crippen LogP contribution in [0.5, 0.6) is 5.75 Å². The predicted octanol–water partition coefficient (Wildman–Crippen LogP) is 2.16. The van der Waals surface area contributed by atoms with Gasteiger partial charge in [0.15, 0.2) is 0 Å². The van der Waals surface area contributed by atoms with Gasteiger partial charge in [-0.25, -0.2) is 0 Å². The molecule has 0 atom stereocenters. The molecule has 0 aliphatic carbocycles. The molecular weight excluding hydrogens is 252 g/mol. The van der Waals surface area contributed by atoms with Crippen molar-refractivity contribution in [3.63, 3.8) is 0 Å². The summed E-state index contributed by atoms with van der Waals surface area (Å²) in [6.07, 6.45) is 2.32. The lowest BCUT2D eigenvalue weighted by molar-refractivity contribution is 0.0727. The molecule has 4 nitrogen and oxygen atoms in total. The fourth-order valence-corrected chi connectivity index (χ4v) is 2.65. The molecule has 1 aromatic carbocycles. The quantitative estimate of drug-likeness (QED) is 0.896. The number of amides is 1. The number of rotatable bonds is 5. The van der Waals surface area contributed by atoms with E-state index >= 15 is 0 Å². The van der Waals surface area contributed by atoms with E-state index in [1.54, 1.807) is 7.11 Å². The summed E-state index contributed by atoms with van der Waals surface area (Å²) in [7, 11) is 1.63. The number of hydrogen-bond donors (Lipinski definition) is 1. The zero-order valence-corrected chi connectivity index (χ0v) is 12.4. The van der Waals surface area contributed by atoms with Gasteiger partial charge in [-0.1, -0.05) is 0 Å². The van der Waals surface area contributed by atoms with Gasteiger partial charge in [0.2, 0.25) is 0 Å². The van der Waals surface area contributed by atoms with Gasteiger partial charge in [-0.3, -0.25) is 4.79 Å². The number of carbonyl (C=O) groups excluding carboxylic acids is 1. The van der Waals surface area contributed by atoms with Crippen LogP contribution in [0.4, 0.5) is 0 Å². The van der Waals surface area contributed by atoms with Crippen LogP contribution in [-0.4, -0.2) is 44.1 Å². The fraction of sp³-hybridized carbons (Fsp3) is 0.562. The van der Waals surface area contributed by atoms with Crippen molar-refractivity contribution >= 4 is 5.91 Å². The fourth-order valence-electron chi connectivity index (χ4n) is 2.65. The number of carbonyl (C=O) groups is 1. The molecule has 1 N–H and O–H groups in total. The lowest BCUT2D eigenvalue weighted by Gasteiger charge is -2.29. The molecule has 1 aliphatic rings. The van der Waals surface area contributed by atoms with Gasteiger partial charge >= 0.3 is 0 Å². The van der Waals surface area contributed by atoms with Crippen molar-refractivity contribution in [1.29, 1.82) is 0 Å². The number of methoxy groups -OCH3 is 1. The molecule has 1 aliphatic heterocycles. The molecule has 110 valence electrons. The highest BCUT2D eigenvalue weighted by atomic mass is 16.5. The smallest absolute Gasteiger partial charge is 0.253 e. The summed E-state index contributed by atoms with van der Waals surface area (Å²) in [6.45, 7) is 5.80. The molecule has 1 amide bonds. The molecule has 0 spiro atoms. The van der Waals surface area contributed by atoms with E-state index in [9.17, 15) is 4.79 Å². The van der Waals surface area contributed by atoms with Crippen molar-refractivity contribution in [2.24, 2.45) is 5.92 Å². The Bertz CT molecular complexity index is 425. The van der Waals surface area contributed by atoms with Crippen molar-refractivity contribution < 1.29 is 9.53 Å². The maximum absolute atomic E-state index is 12.5. The Morgan fingerprint density at radius 1 is 1.30 bits per heavy atom. The van der Waals surface area contributed by atoms with E-state index in [1.165, 1.54) is 0 Å². The zero-order valence-electron chi connectivity index (χ0n) is 12.4. The average Bonchev–Trinajstić information content (AvgIpc) is 2.53. The summed E-state index contributed by atoms with van der Waals surface area (Å²) >= 11 is 0. The lowest BCUT2D eigenvalue weighted by atomic mass is 9.97. The zero-order chi connectivity index (χ0) is 14.4. The van der Waals surface area contributed by atoms with Crippen molar-refractivity contribution in [1.82, 2.24) is 10.2 Å². The van der Waals surface area contributed by atoms with E-state index in [0.29, 0.717) is 5.92 Å². The van der Waals surface area contributed by atoms with Crippen molar-refractivity contribution in [2.45, 2.75) is 19.8 Å². The van der Waals surface area contributed by atoms with Crippen LogP contribution >= 0.6 is 0 Å². The van der Waals surface area contributed by atoms with E-state index in [2.05, 4.69) is 5.32 Å². The number of benzene rings is 1. The Hall–Kier alpha value is -1.55. The Morgan fingerprint density at radius 2 is 1.95 bits per heavy atom. The second kappa shape index (κ2) is 7.29. The van der Waals surface area contributed by atoms with Crippen LogP contribution in [0.15, 0.2) is 24.3 Å². The number of nitrogens with one attached hydrogen (secondary N) is 1. The van der Waals surface area contributed by atoms with Gasteiger partial charge in [-0.2, -0.15) is 0 Å². The summed E-state index contributed by atoms with van der Waals surface area (Å²) in [5.74, 6) is 1.52. The third-order valence-corrected chi connectivity index (χ3v) is 3.94. The Morgan fingerprint density at radius 3 is 2.50 bits per heavy atom. The molecule has 1 saturated heterocycles. The minimum atomic E-state index is 0.119. The minimum absolute atomic E-state index is 0.119. The molecule has 0 aromatic heterocycles. The second-order valence-electron chi connectivity index (χ2n) is 5.27. The van der Waals surface area contributed by atoms with Crippen molar-refractivity contribution in [3.05, 3.63) is 29.8 Å². The van der Waals surface area contributed by atoms with E-state index < -0.39 is 0 Å². The first-order chi connectivity index (χ1) is 9.74. The number of nitrogens with zero attached hydrogens (tertiary/aromatic N) is 1. The van der Waals surface area contributed by atoms with E-state index in [0.717, 1.165) is 50.3 Å². The van der Waals surface area contributed by atoms with Gasteiger partial charge in [0, 0.05) is 18.7 Å². The molecule has 20 heavy (non-hydrogen) atoms. The molecular formula is C16H24N2O2. The molecule has 1 aromatic rings. The summed E-state index contributed by atoms with van der Waals surface area (Å²) in [6, 6.07) is 7.36. The molecule has 1 fully saturated rings. The van der Waals surface area contributed by atoms with Crippen LogP contribution in [0.1, 0.15) is 30.1 Å². The monoisotopic (exact) mass is 276 g/mol. The summed E-state index contributed by atoms with van der Waals surface area (Å²) in [5.41, 5.74) is 0.738. The molecule has 0 unspecified atom stereocenters. The van der Waals surface area contributed by atoms with Gasteiger partial charge in [0.1, 0.15) is 5.75 Å². The van der Waals surface area contributed by atoms with Gasteiger partial charge < -0.3 is 15.0 Å². The van der Waals surface area contributed by atoms with Crippen molar-refractivity contribution in [2.75, 3.05) is 33.3 Å². The van der Waals surface area contributed by atoms with Crippen LogP contribution in [-0.2, 0) is 0 Å². The highest BCUT2D eigenvalue weighted by Crippen LogP contribution is 2.17. The summed E-state index contributed by atoms with van der Waals surface area (Å²) in [5, 5.41) is 3.36. The van der Waals surface area contributed by atoms with Crippen LogP contribution in [0.25, 0.3) is 0 Å².